The molecule has 8 heteroatoms. The Morgan fingerprint density at radius 1 is 1.33 bits per heavy atom. The van der Waals surface area contributed by atoms with E-state index >= 15 is 0 Å². The molecule has 0 aromatic heterocycles. The lowest BCUT2D eigenvalue weighted by Crippen LogP contribution is -2.40. The van der Waals surface area contributed by atoms with E-state index in [0.717, 1.165) is 0 Å². The number of aliphatic carboxylic acids is 1. The number of carboxylic acid groups (broad SMARTS) is 1. The highest BCUT2D eigenvalue weighted by molar-refractivity contribution is 7.89. The SMILES string of the molecule is CC(C)N(C)S(=O)(=O)c1cccc(C(=O)N2CCCC2C(=O)O)c1. The molecule has 0 radical (unpaired) electrons. The molecule has 132 valence electrons. The molecule has 0 saturated carbocycles. The van der Waals surface area contributed by atoms with Crippen LogP contribution in [0.5, 0.6) is 0 Å². The van der Waals surface area contributed by atoms with Gasteiger partial charge in [0.15, 0.2) is 0 Å². The van der Waals surface area contributed by atoms with Gasteiger partial charge in [-0.25, -0.2) is 13.2 Å². The molecule has 1 saturated heterocycles. The zero-order valence-electron chi connectivity index (χ0n) is 14.0. The summed E-state index contributed by atoms with van der Waals surface area (Å²) in [6, 6.07) is 4.69. The minimum absolute atomic E-state index is 0.0237. The van der Waals surface area contributed by atoms with Crippen LogP contribution in [0.4, 0.5) is 0 Å². The summed E-state index contributed by atoms with van der Waals surface area (Å²) >= 11 is 0. The summed E-state index contributed by atoms with van der Waals surface area (Å²) in [5.74, 6) is -1.49. The Morgan fingerprint density at radius 2 is 2.00 bits per heavy atom. The molecular formula is C16H22N2O5S. The topological polar surface area (TPSA) is 95.0 Å². The maximum absolute atomic E-state index is 12.6. The average molecular weight is 354 g/mol. The van der Waals surface area contributed by atoms with Gasteiger partial charge < -0.3 is 10.0 Å². The van der Waals surface area contributed by atoms with Gasteiger partial charge in [-0.2, -0.15) is 4.31 Å². The van der Waals surface area contributed by atoms with Crippen molar-refractivity contribution in [2.24, 2.45) is 0 Å². The Kier molecular flexibility index (Phi) is 5.29. The van der Waals surface area contributed by atoms with Crippen molar-refractivity contribution in [2.45, 2.75) is 43.7 Å². The summed E-state index contributed by atoms with van der Waals surface area (Å²) in [7, 11) is -2.22. The molecule has 24 heavy (non-hydrogen) atoms. The van der Waals surface area contributed by atoms with Crippen LogP contribution in [0.2, 0.25) is 0 Å². The first kappa shape index (κ1) is 18.4. The lowest BCUT2D eigenvalue weighted by Gasteiger charge is -2.23. The Morgan fingerprint density at radius 3 is 2.58 bits per heavy atom. The van der Waals surface area contributed by atoms with Crippen molar-refractivity contribution < 1.29 is 23.1 Å². The van der Waals surface area contributed by atoms with E-state index in [-0.39, 0.29) is 16.5 Å². The van der Waals surface area contributed by atoms with Gasteiger partial charge >= 0.3 is 5.97 Å². The van der Waals surface area contributed by atoms with Crippen LogP contribution in [-0.2, 0) is 14.8 Å². The van der Waals surface area contributed by atoms with E-state index in [9.17, 15) is 23.1 Å². The van der Waals surface area contributed by atoms with Gasteiger partial charge in [-0.1, -0.05) is 6.07 Å². The van der Waals surface area contributed by atoms with E-state index in [2.05, 4.69) is 0 Å². The van der Waals surface area contributed by atoms with Gasteiger partial charge in [-0.3, -0.25) is 4.79 Å². The van der Waals surface area contributed by atoms with Gasteiger partial charge in [0, 0.05) is 25.2 Å². The number of carbonyl (C=O) groups excluding carboxylic acids is 1. The van der Waals surface area contributed by atoms with Crippen molar-refractivity contribution >= 4 is 21.9 Å². The van der Waals surface area contributed by atoms with Gasteiger partial charge in [0.05, 0.1) is 4.90 Å². The van der Waals surface area contributed by atoms with E-state index in [1.54, 1.807) is 13.8 Å². The summed E-state index contributed by atoms with van der Waals surface area (Å²) < 4.78 is 26.3. The van der Waals surface area contributed by atoms with Crippen molar-refractivity contribution in [1.29, 1.82) is 0 Å². The molecule has 1 amide bonds. The molecule has 2 rings (SSSR count). The second-order valence-electron chi connectivity index (χ2n) is 6.14. The van der Waals surface area contributed by atoms with Crippen LogP contribution in [0.3, 0.4) is 0 Å². The highest BCUT2D eigenvalue weighted by Gasteiger charge is 2.35. The third-order valence-electron chi connectivity index (χ3n) is 4.28. The fourth-order valence-electron chi connectivity index (χ4n) is 2.67. The van der Waals surface area contributed by atoms with Crippen LogP contribution < -0.4 is 0 Å². The summed E-state index contributed by atoms with van der Waals surface area (Å²) in [4.78, 5) is 25.2. The van der Waals surface area contributed by atoms with E-state index in [4.69, 9.17) is 0 Å². The molecule has 0 aliphatic carbocycles. The molecule has 1 aromatic rings. The average Bonchev–Trinajstić information content (AvgIpc) is 3.03. The molecule has 7 nitrogen and oxygen atoms in total. The van der Waals surface area contributed by atoms with E-state index < -0.39 is 27.9 Å². The Balaban J connectivity index is 2.34. The summed E-state index contributed by atoms with van der Waals surface area (Å²) in [5.41, 5.74) is 0.182. The minimum atomic E-state index is -3.70. The second-order valence-corrected chi connectivity index (χ2v) is 8.14. The molecule has 1 atom stereocenters. The predicted molar refractivity (Wildman–Crippen MR) is 88.2 cm³/mol. The van der Waals surface area contributed by atoms with Crippen molar-refractivity contribution in [3.63, 3.8) is 0 Å². The minimum Gasteiger partial charge on any atom is -0.480 e. The van der Waals surface area contributed by atoms with Crippen LogP contribution in [0.1, 0.15) is 37.0 Å². The van der Waals surface area contributed by atoms with Crippen molar-refractivity contribution in [3.05, 3.63) is 29.8 Å². The largest absolute Gasteiger partial charge is 0.480 e. The van der Waals surface area contributed by atoms with Crippen LogP contribution >= 0.6 is 0 Å². The molecule has 1 heterocycles. The smallest absolute Gasteiger partial charge is 0.326 e. The summed E-state index contributed by atoms with van der Waals surface area (Å²) in [6.45, 7) is 3.88. The van der Waals surface area contributed by atoms with Crippen molar-refractivity contribution in [3.8, 4) is 0 Å². The van der Waals surface area contributed by atoms with E-state index in [0.29, 0.717) is 19.4 Å². The lowest BCUT2D eigenvalue weighted by molar-refractivity contribution is -0.141. The zero-order chi connectivity index (χ0) is 18.1. The first-order valence-corrected chi connectivity index (χ1v) is 9.22. The van der Waals surface area contributed by atoms with Gasteiger partial charge in [0.1, 0.15) is 6.04 Å². The van der Waals surface area contributed by atoms with Crippen LogP contribution in [0.25, 0.3) is 0 Å². The quantitative estimate of drug-likeness (QED) is 0.862. The Bertz CT molecular complexity index is 745. The number of sulfonamides is 1. The summed E-state index contributed by atoms with van der Waals surface area (Å²) in [5, 5.41) is 9.20. The monoisotopic (exact) mass is 354 g/mol. The number of rotatable bonds is 5. The maximum Gasteiger partial charge on any atom is 0.326 e. The second kappa shape index (κ2) is 6.90. The lowest BCUT2D eigenvalue weighted by atomic mass is 10.1. The predicted octanol–water partition coefficient (Wildman–Crippen LogP) is 1.40. The Hall–Kier alpha value is -1.93. The van der Waals surface area contributed by atoms with Gasteiger partial charge in [0.2, 0.25) is 10.0 Å². The van der Waals surface area contributed by atoms with Gasteiger partial charge in [0.25, 0.3) is 5.91 Å². The van der Waals surface area contributed by atoms with Crippen molar-refractivity contribution in [2.75, 3.05) is 13.6 Å². The first-order valence-electron chi connectivity index (χ1n) is 7.78. The number of hydrogen-bond donors (Lipinski definition) is 1. The number of likely N-dealkylation sites (tertiary alicyclic amines) is 1. The normalized spacial score (nSPS) is 18.4. The molecule has 1 unspecified atom stereocenters. The molecule has 1 N–H and O–H groups in total. The third kappa shape index (κ3) is 3.44. The first-order chi connectivity index (χ1) is 11.2. The molecule has 1 aliphatic heterocycles. The fourth-order valence-corrected chi connectivity index (χ4v) is 4.08. The molecular weight excluding hydrogens is 332 g/mol. The van der Waals surface area contributed by atoms with Crippen LogP contribution in [0.15, 0.2) is 29.2 Å². The summed E-state index contributed by atoms with van der Waals surface area (Å²) in [6.07, 6.45) is 1.03. The fraction of sp³-hybridized carbons (Fsp3) is 0.500. The van der Waals surface area contributed by atoms with Crippen LogP contribution in [-0.4, -0.2) is 60.3 Å². The number of benzene rings is 1. The standard InChI is InChI=1S/C16H22N2O5S/c1-11(2)17(3)24(22,23)13-7-4-6-12(10-13)15(19)18-9-5-8-14(18)16(20)21/h4,6-7,10-11,14H,5,8-9H2,1-3H3,(H,20,21). The number of nitrogens with zero attached hydrogens (tertiary/aromatic N) is 2. The number of hydrogen-bond acceptors (Lipinski definition) is 4. The van der Waals surface area contributed by atoms with E-state index in [1.165, 1.54) is 40.5 Å². The number of carbonyl (C=O) groups is 2. The Labute approximate surface area is 141 Å². The van der Waals surface area contributed by atoms with Crippen molar-refractivity contribution in [1.82, 2.24) is 9.21 Å². The number of amides is 1. The molecule has 1 aromatic carbocycles. The molecule has 1 aliphatic rings. The third-order valence-corrected chi connectivity index (χ3v) is 6.31. The highest BCUT2D eigenvalue weighted by atomic mass is 32.2. The molecule has 1 fully saturated rings. The molecule has 0 spiro atoms. The van der Waals surface area contributed by atoms with Gasteiger partial charge in [-0.05, 0) is 44.9 Å². The van der Waals surface area contributed by atoms with Crippen LogP contribution in [0, 0.1) is 0 Å². The highest BCUT2D eigenvalue weighted by Crippen LogP contribution is 2.23. The maximum atomic E-state index is 12.6. The number of carboxylic acids is 1. The molecule has 0 bridgehead atoms. The van der Waals surface area contributed by atoms with E-state index in [1.807, 2.05) is 0 Å². The van der Waals surface area contributed by atoms with Gasteiger partial charge in [-0.15, -0.1) is 0 Å². The zero-order valence-corrected chi connectivity index (χ0v) is 14.8.